The molecule has 0 aliphatic carbocycles. The Kier molecular flexibility index (Phi) is 3.11. The SMILES string of the molecule is CC1=NC=CN=C(c2ccc(Br)cc2)C1. The zero-order valence-corrected chi connectivity index (χ0v) is 10.0. The fourth-order valence-corrected chi connectivity index (χ4v) is 1.70. The lowest BCUT2D eigenvalue weighted by Crippen LogP contribution is -2.05. The van der Waals surface area contributed by atoms with Crippen LogP contribution in [0.1, 0.15) is 18.9 Å². The van der Waals surface area contributed by atoms with Crippen LogP contribution in [-0.4, -0.2) is 11.4 Å². The van der Waals surface area contributed by atoms with Gasteiger partial charge in [0.05, 0.1) is 5.71 Å². The van der Waals surface area contributed by atoms with Gasteiger partial charge in [-0.2, -0.15) is 0 Å². The van der Waals surface area contributed by atoms with Gasteiger partial charge in [0.15, 0.2) is 0 Å². The van der Waals surface area contributed by atoms with Crippen molar-refractivity contribution in [3.8, 4) is 0 Å². The van der Waals surface area contributed by atoms with Gasteiger partial charge in [0.2, 0.25) is 0 Å². The minimum absolute atomic E-state index is 0.814. The van der Waals surface area contributed by atoms with E-state index >= 15 is 0 Å². The van der Waals surface area contributed by atoms with Gasteiger partial charge in [0, 0.05) is 29.0 Å². The maximum Gasteiger partial charge on any atom is 0.0532 e. The van der Waals surface area contributed by atoms with E-state index in [9.17, 15) is 0 Å². The predicted octanol–water partition coefficient (Wildman–Crippen LogP) is 3.57. The van der Waals surface area contributed by atoms with Gasteiger partial charge in [-0.1, -0.05) is 28.1 Å². The maximum atomic E-state index is 4.38. The zero-order chi connectivity index (χ0) is 10.7. The molecule has 0 saturated heterocycles. The van der Waals surface area contributed by atoms with Crippen molar-refractivity contribution in [2.45, 2.75) is 13.3 Å². The molecule has 1 aromatic rings. The van der Waals surface area contributed by atoms with E-state index in [1.54, 1.807) is 12.4 Å². The van der Waals surface area contributed by atoms with Crippen LogP contribution in [-0.2, 0) is 0 Å². The summed E-state index contributed by atoms with van der Waals surface area (Å²) in [6.07, 6.45) is 4.30. The highest BCUT2D eigenvalue weighted by Crippen LogP contribution is 2.14. The van der Waals surface area contributed by atoms with Crippen LogP contribution in [0.25, 0.3) is 0 Å². The van der Waals surface area contributed by atoms with Crippen molar-refractivity contribution in [1.82, 2.24) is 0 Å². The van der Waals surface area contributed by atoms with E-state index in [4.69, 9.17) is 0 Å². The quantitative estimate of drug-likeness (QED) is 0.740. The normalized spacial score (nSPS) is 15.6. The Labute approximate surface area is 97.6 Å². The van der Waals surface area contributed by atoms with Gasteiger partial charge in [-0.3, -0.25) is 9.98 Å². The Bertz CT molecular complexity index is 441. The Morgan fingerprint density at radius 1 is 1.07 bits per heavy atom. The molecule has 0 spiro atoms. The third kappa shape index (κ3) is 2.63. The summed E-state index contributed by atoms with van der Waals surface area (Å²) in [5.74, 6) is 0. The van der Waals surface area contributed by atoms with E-state index in [0.717, 1.165) is 27.9 Å². The molecule has 15 heavy (non-hydrogen) atoms. The van der Waals surface area contributed by atoms with Gasteiger partial charge in [0.1, 0.15) is 0 Å². The second kappa shape index (κ2) is 4.53. The second-order valence-electron chi connectivity index (χ2n) is 3.42. The lowest BCUT2D eigenvalue weighted by atomic mass is 10.1. The Hall–Kier alpha value is -1.22. The van der Waals surface area contributed by atoms with E-state index in [1.165, 1.54) is 0 Å². The zero-order valence-electron chi connectivity index (χ0n) is 8.44. The molecule has 2 nitrogen and oxygen atoms in total. The van der Waals surface area contributed by atoms with E-state index < -0.39 is 0 Å². The smallest absolute Gasteiger partial charge is 0.0532 e. The lowest BCUT2D eigenvalue weighted by molar-refractivity contribution is 1.43. The van der Waals surface area contributed by atoms with E-state index in [-0.39, 0.29) is 0 Å². The van der Waals surface area contributed by atoms with Gasteiger partial charge < -0.3 is 0 Å². The number of benzene rings is 1. The molecule has 2 rings (SSSR count). The Morgan fingerprint density at radius 2 is 1.73 bits per heavy atom. The first kappa shape index (κ1) is 10.3. The van der Waals surface area contributed by atoms with Crippen LogP contribution in [0.15, 0.2) is 51.1 Å². The molecule has 3 heteroatoms. The number of halogens is 1. The average molecular weight is 263 g/mol. The highest BCUT2D eigenvalue weighted by molar-refractivity contribution is 9.10. The van der Waals surface area contributed by atoms with Crippen molar-refractivity contribution >= 4 is 27.4 Å². The molecule has 76 valence electrons. The summed E-state index contributed by atoms with van der Waals surface area (Å²) < 4.78 is 1.08. The van der Waals surface area contributed by atoms with Crippen molar-refractivity contribution in [3.63, 3.8) is 0 Å². The first-order chi connectivity index (χ1) is 7.25. The standard InChI is InChI=1S/C12H11BrN2/c1-9-8-12(15-7-6-14-9)10-2-4-11(13)5-3-10/h2-7H,8H2,1H3. The van der Waals surface area contributed by atoms with Gasteiger partial charge >= 0.3 is 0 Å². The molecule has 1 aliphatic heterocycles. The number of nitrogens with zero attached hydrogens (tertiary/aromatic N) is 2. The fraction of sp³-hybridized carbons (Fsp3) is 0.167. The van der Waals surface area contributed by atoms with Crippen LogP contribution in [0.2, 0.25) is 0 Å². The predicted molar refractivity (Wildman–Crippen MR) is 67.5 cm³/mol. The first-order valence-corrected chi connectivity index (χ1v) is 5.56. The van der Waals surface area contributed by atoms with E-state index in [1.807, 2.05) is 19.1 Å². The van der Waals surface area contributed by atoms with Crippen LogP contribution in [0, 0.1) is 0 Å². The average Bonchev–Trinajstić information content (AvgIpc) is 2.44. The van der Waals surface area contributed by atoms with Crippen LogP contribution in [0.5, 0.6) is 0 Å². The molecular weight excluding hydrogens is 252 g/mol. The molecule has 1 heterocycles. The molecule has 1 aliphatic rings. The first-order valence-electron chi connectivity index (χ1n) is 4.76. The number of aliphatic imine (C=N–C) groups is 2. The van der Waals surface area contributed by atoms with Crippen molar-refractivity contribution in [2.75, 3.05) is 0 Å². The molecule has 0 fully saturated rings. The summed E-state index contributed by atoms with van der Waals surface area (Å²) in [5, 5.41) is 0. The molecule has 0 amide bonds. The van der Waals surface area contributed by atoms with Gasteiger partial charge in [0.25, 0.3) is 0 Å². The van der Waals surface area contributed by atoms with Crippen molar-refractivity contribution < 1.29 is 0 Å². The summed E-state index contributed by atoms with van der Waals surface area (Å²) in [6.45, 7) is 2.02. The number of rotatable bonds is 1. The summed E-state index contributed by atoms with van der Waals surface area (Å²) in [7, 11) is 0. The largest absolute Gasteiger partial charge is 0.264 e. The summed E-state index contributed by atoms with van der Waals surface area (Å²) in [5.41, 5.74) is 3.31. The highest BCUT2D eigenvalue weighted by Gasteiger charge is 2.06. The molecule has 0 atom stereocenters. The number of hydrogen-bond donors (Lipinski definition) is 0. The molecule has 0 radical (unpaired) electrons. The van der Waals surface area contributed by atoms with Crippen molar-refractivity contribution in [3.05, 3.63) is 46.7 Å². The summed E-state index contributed by atoms with van der Waals surface area (Å²) >= 11 is 3.42. The minimum atomic E-state index is 0.814. The molecular formula is C12H11BrN2. The molecule has 1 aromatic carbocycles. The highest BCUT2D eigenvalue weighted by atomic mass is 79.9. The van der Waals surface area contributed by atoms with Crippen LogP contribution in [0.4, 0.5) is 0 Å². The molecule has 0 N–H and O–H groups in total. The van der Waals surface area contributed by atoms with Crippen LogP contribution in [0.3, 0.4) is 0 Å². The van der Waals surface area contributed by atoms with E-state index in [2.05, 4.69) is 38.0 Å². The Balaban J connectivity index is 2.31. The molecule has 0 saturated carbocycles. The molecule has 0 bridgehead atoms. The molecule has 0 unspecified atom stereocenters. The maximum absolute atomic E-state index is 4.38. The molecule has 0 aromatic heterocycles. The third-order valence-electron chi connectivity index (χ3n) is 2.19. The van der Waals surface area contributed by atoms with Gasteiger partial charge in [-0.05, 0) is 24.6 Å². The lowest BCUT2D eigenvalue weighted by Gasteiger charge is -2.04. The number of hydrogen-bond acceptors (Lipinski definition) is 2. The van der Waals surface area contributed by atoms with E-state index in [0.29, 0.717) is 0 Å². The van der Waals surface area contributed by atoms with Gasteiger partial charge in [-0.25, -0.2) is 0 Å². The van der Waals surface area contributed by atoms with Crippen LogP contribution >= 0.6 is 15.9 Å². The Morgan fingerprint density at radius 3 is 2.47 bits per heavy atom. The van der Waals surface area contributed by atoms with Crippen LogP contribution < -0.4 is 0 Å². The summed E-state index contributed by atoms with van der Waals surface area (Å²) in [4.78, 5) is 8.61. The monoisotopic (exact) mass is 262 g/mol. The van der Waals surface area contributed by atoms with Gasteiger partial charge in [-0.15, -0.1) is 0 Å². The van der Waals surface area contributed by atoms with Crippen molar-refractivity contribution in [2.24, 2.45) is 9.98 Å². The minimum Gasteiger partial charge on any atom is -0.264 e. The topological polar surface area (TPSA) is 24.7 Å². The second-order valence-corrected chi connectivity index (χ2v) is 4.34. The summed E-state index contributed by atoms with van der Waals surface area (Å²) in [6, 6.07) is 8.18. The third-order valence-corrected chi connectivity index (χ3v) is 2.72. The fourth-order valence-electron chi connectivity index (χ4n) is 1.44. The van der Waals surface area contributed by atoms with Crippen molar-refractivity contribution in [1.29, 1.82) is 0 Å².